The van der Waals surface area contributed by atoms with Gasteiger partial charge in [0.1, 0.15) is 0 Å². The fourth-order valence-corrected chi connectivity index (χ4v) is 5.58. The SMILES string of the molecule is O=C(Nc1nnc(-c2cc(Cl)cc(Cl)c2)o1)C1CCCN(S(=O)(=O)c2ccc(Cl)cc2)C1. The fraction of sp³-hybridized carbons (Fsp3) is 0.250. The number of amides is 1. The number of aromatic nitrogens is 2. The van der Waals surface area contributed by atoms with Gasteiger partial charge in [-0.25, -0.2) is 8.42 Å². The van der Waals surface area contributed by atoms with Crippen molar-refractivity contribution in [1.29, 1.82) is 0 Å². The molecule has 1 aromatic heterocycles. The summed E-state index contributed by atoms with van der Waals surface area (Å²) in [7, 11) is -3.74. The van der Waals surface area contributed by atoms with Gasteiger partial charge in [0.25, 0.3) is 0 Å². The third-order valence-electron chi connectivity index (χ3n) is 4.97. The Kier molecular flexibility index (Phi) is 6.73. The van der Waals surface area contributed by atoms with Crippen LogP contribution in [0.5, 0.6) is 0 Å². The summed E-state index contributed by atoms with van der Waals surface area (Å²) in [6, 6.07) is 10.6. The summed E-state index contributed by atoms with van der Waals surface area (Å²) < 4.78 is 32.7. The number of carbonyl (C=O) groups excluding carboxylic acids is 1. The van der Waals surface area contributed by atoms with E-state index in [1.807, 2.05) is 0 Å². The molecule has 1 N–H and O–H groups in total. The lowest BCUT2D eigenvalue weighted by atomic mass is 9.99. The van der Waals surface area contributed by atoms with Crippen LogP contribution in [0.25, 0.3) is 11.5 Å². The number of nitrogens with zero attached hydrogens (tertiary/aromatic N) is 3. The number of halogens is 3. The Bertz CT molecular complexity index is 1230. The zero-order valence-electron chi connectivity index (χ0n) is 16.5. The van der Waals surface area contributed by atoms with E-state index < -0.39 is 21.8 Å². The van der Waals surface area contributed by atoms with Crippen LogP contribution in [0.4, 0.5) is 6.01 Å². The molecule has 0 aliphatic carbocycles. The number of hydrogen-bond donors (Lipinski definition) is 1. The number of sulfonamides is 1. The van der Waals surface area contributed by atoms with Gasteiger partial charge in [-0.1, -0.05) is 39.9 Å². The number of rotatable bonds is 5. The van der Waals surface area contributed by atoms with Gasteiger partial charge in [0.15, 0.2) is 0 Å². The zero-order valence-corrected chi connectivity index (χ0v) is 19.5. The van der Waals surface area contributed by atoms with Gasteiger partial charge in [-0.15, -0.1) is 5.10 Å². The first-order chi connectivity index (χ1) is 15.2. The highest BCUT2D eigenvalue weighted by molar-refractivity contribution is 7.89. The molecule has 32 heavy (non-hydrogen) atoms. The van der Waals surface area contributed by atoms with Crippen LogP contribution in [-0.2, 0) is 14.8 Å². The van der Waals surface area contributed by atoms with Crippen LogP contribution in [0.2, 0.25) is 15.1 Å². The second kappa shape index (κ2) is 9.36. The van der Waals surface area contributed by atoms with E-state index in [-0.39, 0.29) is 23.3 Å². The molecule has 1 fully saturated rings. The Morgan fingerprint density at radius 2 is 1.72 bits per heavy atom. The first-order valence-corrected chi connectivity index (χ1v) is 12.2. The molecular formula is C20H17Cl3N4O4S. The van der Waals surface area contributed by atoms with Crippen molar-refractivity contribution >= 4 is 56.7 Å². The molecule has 168 valence electrons. The minimum atomic E-state index is -3.74. The van der Waals surface area contributed by atoms with E-state index in [0.29, 0.717) is 40.0 Å². The molecule has 0 saturated carbocycles. The van der Waals surface area contributed by atoms with Crippen molar-refractivity contribution < 1.29 is 17.6 Å². The minimum Gasteiger partial charge on any atom is -0.403 e. The number of anilines is 1. The third-order valence-corrected chi connectivity index (χ3v) is 7.54. The van der Waals surface area contributed by atoms with Crippen molar-refractivity contribution in [3.05, 3.63) is 57.5 Å². The average Bonchev–Trinajstić information content (AvgIpc) is 3.22. The van der Waals surface area contributed by atoms with E-state index in [9.17, 15) is 13.2 Å². The number of hydrogen-bond acceptors (Lipinski definition) is 6. The summed E-state index contributed by atoms with van der Waals surface area (Å²) in [5, 5.41) is 11.5. The van der Waals surface area contributed by atoms with Crippen LogP contribution in [-0.4, -0.2) is 41.9 Å². The van der Waals surface area contributed by atoms with Gasteiger partial charge in [-0.3, -0.25) is 10.1 Å². The van der Waals surface area contributed by atoms with Crippen LogP contribution in [0.3, 0.4) is 0 Å². The summed E-state index contributed by atoms with van der Waals surface area (Å²) in [4.78, 5) is 12.9. The van der Waals surface area contributed by atoms with Gasteiger partial charge in [0.05, 0.1) is 10.8 Å². The Balaban J connectivity index is 1.45. The number of piperidine rings is 1. The molecule has 3 aromatic rings. The average molecular weight is 516 g/mol. The molecule has 1 amide bonds. The summed E-state index contributed by atoms with van der Waals surface area (Å²) in [6.07, 6.45) is 1.07. The third kappa shape index (κ3) is 5.07. The molecule has 0 radical (unpaired) electrons. The molecule has 0 bridgehead atoms. The van der Waals surface area contributed by atoms with Crippen LogP contribution in [0.1, 0.15) is 12.8 Å². The molecular weight excluding hydrogens is 499 g/mol. The Hall–Kier alpha value is -2.17. The molecule has 1 unspecified atom stereocenters. The normalized spacial score (nSPS) is 17.3. The molecule has 0 spiro atoms. The molecule has 1 aliphatic rings. The van der Waals surface area contributed by atoms with Crippen molar-refractivity contribution in [2.75, 3.05) is 18.4 Å². The van der Waals surface area contributed by atoms with Gasteiger partial charge in [-0.2, -0.15) is 4.31 Å². The van der Waals surface area contributed by atoms with Crippen molar-refractivity contribution in [2.45, 2.75) is 17.7 Å². The van der Waals surface area contributed by atoms with Crippen molar-refractivity contribution in [2.24, 2.45) is 5.92 Å². The summed E-state index contributed by atoms with van der Waals surface area (Å²) >= 11 is 17.8. The first kappa shape index (κ1) is 23.0. The highest BCUT2D eigenvalue weighted by Gasteiger charge is 2.33. The molecule has 1 atom stereocenters. The molecule has 8 nitrogen and oxygen atoms in total. The second-order valence-corrected chi connectivity index (χ2v) is 10.5. The maximum atomic E-state index is 12.9. The highest BCUT2D eigenvalue weighted by Crippen LogP contribution is 2.28. The van der Waals surface area contributed by atoms with Gasteiger partial charge < -0.3 is 4.42 Å². The van der Waals surface area contributed by atoms with Crippen LogP contribution in [0, 0.1) is 5.92 Å². The van der Waals surface area contributed by atoms with E-state index in [4.69, 9.17) is 39.2 Å². The second-order valence-electron chi connectivity index (χ2n) is 7.22. The Morgan fingerprint density at radius 1 is 1.03 bits per heavy atom. The fourth-order valence-electron chi connectivity index (χ4n) is 3.41. The van der Waals surface area contributed by atoms with E-state index in [1.54, 1.807) is 18.2 Å². The van der Waals surface area contributed by atoms with Gasteiger partial charge in [0, 0.05) is 33.7 Å². The van der Waals surface area contributed by atoms with Crippen molar-refractivity contribution in [3.63, 3.8) is 0 Å². The molecule has 2 aromatic carbocycles. The molecule has 12 heteroatoms. The van der Waals surface area contributed by atoms with Gasteiger partial charge in [-0.05, 0) is 55.3 Å². The van der Waals surface area contributed by atoms with Crippen LogP contribution in [0.15, 0.2) is 51.8 Å². The molecule has 4 rings (SSSR count). The molecule has 2 heterocycles. The van der Waals surface area contributed by atoms with Crippen molar-refractivity contribution in [3.8, 4) is 11.5 Å². The number of nitrogens with one attached hydrogen (secondary N) is 1. The maximum absolute atomic E-state index is 12.9. The van der Waals surface area contributed by atoms with Crippen LogP contribution >= 0.6 is 34.8 Å². The lowest BCUT2D eigenvalue weighted by molar-refractivity contribution is -0.121. The highest BCUT2D eigenvalue weighted by atomic mass is 35.5. The first-order valence-electron chi connectivity index (χ1n) is 9.59. The monoisotopic (exact) mass is 514 g/mol. The summed E-state index contributed by atoms with van der Waals surface area (Å²) in [5.41, 5.74) is 0.508. The molecule has 1 aliphatic heterocycles. The van der Waals surface area contributed by atoms with Crippen LogP contribution < -0.4 is 5.32 Å². The van der Waals surface area contributed by atoms with E-state index >= 15 is 0 Å². The lowest BCUT2D eigenvalue weighted by Gasteiger charge is -2.30. The minimum absolute atomic E-state index is 0.0433. The number of benzene rings is 2. The van der Waals surface area contributed by atoms with E-state index in [0.717, 1.165) is 0 Å². The smallest absolute Gasteiger partial charge is 0.322 e. The Labute approximate surface area is 199 Å². The van der Waals surface area contributed by atoms with E-state index in [1.165, 1.54) is 28.6 Å². The maximum Gasteiger partial charge on any atom is 0.322 e. The number of carbonyl (C=O) groups is 1. The predicted octanol–water partition coefficient (Wildman–Crippen LogP) is 4.74. The topological polar surface area (TPSA) is 105 Å². The summed E-state index contributed by atoms with van der Waals surface area (Å²) in [5.74, 6) is -0.831. The van der Waals surface area contributed by atoms with Gasteiger partial charge in [0.2, 0.25) is 21.8 Å². The van der Waals surface area contributed by atoms with Crippen molar-refractivity contribution in [1.82, 2.24) is 14.5 Å². The van der Waals surface area contributed by atoms with Gasteiger partial charge >= 0.3 is 6.01 Å². The largest absolute Gasteiger partial charge is 0.403 e. The molecule has 1 saturated heterocycles. The summed E-state index contributed by atoms with van der Waals surface area (Å²) in [6.45, 7) is 0.372. The predicted molar refractivity (Wildman–Crippen MR) is 121 cm³/mol. The Morgan fingerprint density at radius 3 is 2.41 bits per heavy atom. The lowest BCUT2D eigenvalue weighted by Crippen LogP contribution is -2.43. The zero-order chi connectivity index (χ0) is 22.9. The van der Waals surface area contributed by atoms with E-state index in [2.05, 4.69) is 15.5 Å². The quantitative estimate of drug-likeness (QED) is 0.526. The standard InChI is InChI=1S/C20H17Cl3N4O4S/c21-14-3-5-17(6-4-14)32(29,30)27-7-1-2-12(11-27)18(28)24-20-26-25-19(31-20)13-8-15(22)10-16(23)9-13/h3-6,8-10,12H,1-2,7,11H2,(H,24,26,28).